The Labute approximate surface area is 88.7 Å². The summed E-state index contributed by atoms with van der Waals surface area (Å²) in [7, 11) is 0. The number of nitrogens with one attached hydrogen (secondary N) is 1. The predicted molar refractivity (Wildman–Crippen MR) is 62.0 cm³/mol. The summed E-state index contributed by atoms with van der Waals surface area (Å²) in [6.07, 6.45) is 9.06. The van der Waals surface area contributed by atoms with Gasteiger partial charge in [0.15, 0.2) is 0 Å². The molecule has 0 aromatic heterocycles. The van der Waals surface area contributed by atoms with Gasteiger partial charge in [-0.25, -0.2) is 0 Å². The zero-order valence-electron chi connectivity index (χ0n) is 9.93. The molecule has 0 aliphatic heterocycles. The first-order valence-corrected chi connectivity index (χ1v) is 5.70. The van der Waals surface area contributed by atoms with Crippen molar-refractivity contribution < 1.29 is 0 Å². The molecule has 0 amide bonds. The van der Waals surface area contributed by atoms with Crippen LogP contribution in [0.25, 0.3) is 0 Å². The Morgan fingerprint density at radius 1 is 1.50 bits per heavy atom. The molecule has 0 aromatic carbocycles. The van der Waals surface area contributed by atoms with Gasteiger partial charge in [-0.05, 0) is 30.6 Å². The molecule has 0 heterocycles. The van der Waals surface area contributed by atoms with Crippen molar-refractivity contribution in [3.05, 3.63) is 0 Å². The van der Waals surface area contributed by atoms with Crippen molar-refractivity contribution in [1.82, 2.24) is 5.32 Å². The van der Waals surface area contributed by atoms with Gasteiger partial charge in [0.25, 0.3) is 0 Å². The minimum atomic E-state index is 0.261. The van der Waals surface area contributed by atoms with E-state index >= 15 is 0 Å². The van der Waals surface area contributed by atoms with Crippen LogP contribution in [0.5, 0.6) is 0 Å². The average Bonchev–Trinajstić information content (AvgIpc) is 2.35. The molecule has 0 bridgehead atoms. The topological polar surface area (TPSA) is 12.0 Å². The molecule has 1 rings (SSSR count). The predicted octanol–water partition coefficient (Wildman–Crippen LogP) is 2.81. The first kappa shape index (κ1) is 11.6. The lowest BCUT2D eigenvalue weighted by molar-refractivity contribution is 0.359. The van der Waals surface area contributed by atoms with Crippen LogP contribution in [0.2, 0.25) is 0 Å². The molecule has 0 radical (unpaired) electrons. The number of hydrogen-bond acceptors (Lipinski definition) is 1. The summed E-state index contributed by atoms with van der Waals surface area (Å²) in [5.41, 5.74) is 0.490. The zero-order chi connectivity index (χ0) is 10.8. The third-order valence-corrected chi connectivity index (χ3v) is 3.36. The maximum Gasteiger partial charge on any atom is 0.0686 e. The second kappa shape index (κ2) is 4.36. The summed E-state index contributed by atoms with van der Waals surface area (Å²) in [6.45, 7) is 9.17. The van der Waals surface area contributed by atoms with Gasteiger partial charge in [0, 0.05) is 6.04 Å². The minimum absolute atomic E-state index is 0.261. The van der Waals surface area contributed by atoms with Crippen molar-refractivity contribution in [1.29, 1.82) is 0 Å². The van der Waals surface area contributed by atoms with Crippen molar-refractivity contribution in [3.8, 4) is 12.3 Å². The van der Waals surface area contributed by atoms with Gasteiger partial charge >= 0.3 is 0 Å². The van der Waals surface area contributed by atoms with Crippen LogP contribution < -0.4 is 5.32 Å². The third kappa shape index (κ3) is 2.75. The molecule has 3 atom stereocenters. The van der Waals surface area contributed by atoms with Gasteiger partial charge in [-0.3, -0.25) is 0 Å². The maximum absolute atomic E-state index is 5.46. The molecule has 14 heavy (non-hydrogen) atoms. The van der Waals surface area contributed by atoms with E-state index in [2.05, 4.69) is 38.9 Å². The highest BCUT2D eigenvalue weighted by atomic mass is 15.0. The Kier molecular flexibility index (Phi) is 3.61. The Hall–Kier alpha value is -0.480. The molecule has 0 saturated heterocycles. The van der Waals surface area contributed by atoms with Crippen LogP contribution in [-0.2, 0) is 0 Å². The monoisotopic (exact) mass is 193 g/mol. The van der Waals surface area contributed by atoms with Gasteiger partial charge in [0.2, 0.25) is 0 Å². The van der Waals surface area contributed by atoms with Crippen molar-refractivity contribution in [2.45, 2.75) is 59.0 Å². The minimum Gasteiger partial charge on any atom is -0.301 e. The van der Waals surface area contributed by atoms with Crippen LogP contribution in [0.15, 0.2) is 0 Å². The number of rotatable bonds is 3. The van der Waals surface area contributed by atoms with Gasteiger partial charge in [-0.1, -0.05) is 33.6 Å². The van der Waals surface area contributed by atoms with Crippen molar-refractivity contribution in [2.75, 3.05) is 0 Å². The van der Waals surface area contributed by atoms with E-state index in [1.54, 1.807) is 0 Å². The van der Waals surface area contributed by atoms with Crippen molar-refractivity contribution >= 4 is 0 Å². The second-order valence-electron chi connectivity index (χ2n) is 5.45. The number of hydrogen-bond donors (Lipinski definition) is 1. The first-order chi connectivity index (χ1) is 6.48. The van der Waals surface area contributed by atoms with Crippen LogP contribution in [0.4, 0.5) is 0 Å². The lowest BCUT2D eigenvalue weighted by Gasteiger charge is -2.21. The quantitative estimate of drug-likeness (QED) is 0.680. The second-order valence-corrected chi connectivity index (χ2v) is 5.45. The van der Waals surface area contributed by atoms with Crippen LogP contribution in [0, 0.1) is 23.7 Å². The van der Waals surface area contributed by atoms with Gasteiger partial charge < -0.3 is 5.32 Å². The molecule has 1 aliphatic carbocycles. The first-order valence-electron chi connectivity index (χ1n) is 5.70. The zero-order valence-corrected chi connectivity index (χ0v) is 9.93. The lowest BCUT2D eigenvalue weighted by Crippen LogP contribution is -2.38. The van der Waals surface area contributed by atoms with E-state index in [9.17, 15) is 0 Å². The normalized spacial score (nSPS) is 32.5. The summed E-state index contributed by atoms with van der Waals surface area (Å²) >= 11 is 0. The molecule has 1 nitrogen and oxygen atoms in total. The van der Waals surface area contributed by atoms with E-state index in [0.29, 0.717) is 11.5 Å². The Bertz CT molecular complexity index is 224. The van der Waals surface area contributed by atoms with Crippen LogP contribution in [0.1, 0.15) is 47.0 Å². The third-order valence-electron chi connectivity index (χ3n) is 3.36. The van der Waals surface area contributed by atoms with Gasteiger partial charge in [-0.15, -0.1) is 6.42 Å². The van der Waals surface area contributed by atoms with Crippen molar-refractivity contribution in [3.63, 3.8) is 0 Å². The van der Waals surface area contributed by atoms with E-state index in [1.807, 2.05) is 0 Å². The molecule has 0 aromatic rings. The highest BCUT2D eigenvalue weighted by Gasteiger charge is 2.36. The molecule has 1 fully saturated rings. The lowest BCUT2D eigenvalue weighted by atomic mass is 9.91. The van der Waals surface area contributed by atoms with E-state index in [-0.39, 0.29) is 6.04 Å². The van der Waals surface area contributed by atoms with Crippen molar-refractivity contribution in [2.24, 2.45) is 11.3 Å². The summed E-state index contributed by atoms with van der Waals surface area (Å²) in [6, 6.07) is 0.877. The molecule has 1 heteroatoms. The summed E-state index contributed by atoms with van der Waals surface area (Å²) in [5.74, 6) is 3.57. The molecule has 3 unspecified atom stereocenters. The molecular formula is C13H23N. The standard InChI is InChI=1S/C13H23N/c1-6-11(7-2)14-12-9-13(4,5)8-10(12)3/h1,10-12,14H,7-9H2,2-5H3. The fourth-order valence-electron chi connectivity index (χ4n) is 2.66. The molecule has 1 saturated carbocycles. The molecule has 1 N–H and O–H groups in total. The molecular weight excluding hydrogens is 170 g/mol. The SMILES string of the molecule is C#CC(CC)NC1CC(C)(C)CC1C. The maximum atomic E-state index is 5.46. The Morgan fingerprint density at radius 2 is 2.14 bits per heavy atom. The largest absolute Gasteiger partial charge is 0.301 e. The summed E-state index contributed by atoms with van der Waals surface area (Å²) < 4.78 is 0. The van der Waals surface area contributed by atoms with Gasteiger partial charge in [0.1, 0.15) is 0 Å². The summed E-state index contributed by atoms with van der Waals surface area (Å²) in [5, 5.41) is 3.58. The van der Waals surface area contributed by atoms with E-state index in [1.165, 1.54) is 12.8 Å². The number of terminal acetylenes is 1. The fourth-order valence-corrected chi connectivity index (χ4v) is 2.66. The van der Waals surface area contributed by atoms with Crippen LogP contribution in [-0.4, -0.2) is 12.1 Å². The Balaban J connectivity index is 2.51. The van der Waals surface area contributed by atoms with E-state index < -0.39 is 0 Å². The smallest absolute Gasteiger partial charge is 0.0686 e. The highest BCUT2D eigenvalue weighted by molar-refractivity contribution is 5.02. The van der Waals surface area contributed by atoms with E-state index in [0.717, 1.165) is 12.3 Å². The highest BCUT2D eigenvalue weighted by Crippen LogP contribution is 2.40. The van der Waals surface area contributed by atoms with E-state index in [4.69, 9.17) is 6.42 Å². The average molecular weight is 193 g/mol. The molecule has 80 valence electrons. The molecule has 1 aliphatic rings. The molecule has 0 spiro atoms. The van der Waals surface area contributed by atoms with Crippen LogP contribution in [0.3, 0.4) is 0 Å². The van der Waals surface area contributed by atoms with Gasteiger partial charge in [0.05, 0.1) is 6.04 Å². The Morgan fingerprint density at radius 3 is 2.50 bits per heavy atom. The van der Waals surface area contributed by atoms with Gasteiger partial charge in [-0.2, -0.15) is 0 Å². The summed E-state index contributed by atoms with van der Waals surface area (Å²) in [4.78, 5) is 0. The fraction of sp³-hybridized carbons (Fsp3) is 0.846. The van der Waals surface area contributed by atoms with Crippen LogP contribution >= 0.6 is 0 Å².